The molecule has 0 aliphatic heterocycles. The average Bonchev–Trinajstić information content (AvgIpc) is 3.00. The number of esters is 1. The van der Waals surface area contributed by atoms with Gasteiger partial charge in [-0.15, -0.1) is 10.2 Å². The van der Waals surface area contributed by atoms with Crippen molar-refractivity contribution in [3.63, 3.8) is 0 Å². The highest BCUT2D eigenvalue weighted by Crippen LogP contribution is 2.25. The molecule has 0 radical (unpaired) electrons. The van der Waals surface area contributed by atoms with Gasteiger partial charge in [-0.2, -0.15) is 0 Å². The van der Waals surface area contributed by atoms with E-state index in [9.17, 15) is 17.6 Å². The Morgan fingerprint density at radius 1 is 1.26 bits per heavy atom. The summed E-state index contributed by atoms with van der Waals surface area (Å²) in [6, 6.07) is 7.86. The molecule has 0 spiro atoms. The highest BCUT2D eigenvalue weighted by Gasteiger charge is 2.28. The smallest absolute Gasteiger partial charge is 0.326 e. The van der Waals surface area contributed by atoms with Crippen molar-refractivity contribution in [3.05, 3.63) is 54.2 Å². The molecule has 1 aromatic carbocycles. The molecule has 8 nitrogen and oxygen atoms in total. The van der Waals surface area contributed by atoms with E-state index in [0.717, 1.165) is 10.4 Å². The third kappa shape index (κ3) is 3.75. The van der Waals surface area contributed by atoms with E-state index in [-0.39, 0.29) is 17.2 Å². The Morgan fingerprint density at radius 2 is 2.04 bits per heavy atom. The maximum Gasteiger partial charge on any atom is 0.326 e. The van der Waals surface area contributed by atoms with Crippen molar-refractivity contribution in [3.8, 4) is 0 Å². The van der Waals surface area contributed by atoms with Crippen LogP contribution in [0.3, 0.4) is 0 Å². The van der Waals surface area contributed by atoms with Gasteiger partial charge in [0.25, 0.3) is 10.0 Å². The number of sulfonamides is 1. The van der Waals surface area contributed by atoms with Crippen molar-refractivity contribution in [2.75, 3.05) is 17.5 Å². The van der Waals surface area contributed by atoms with Gasteiger partial charge in [0.05, 0.1) is 12.3 Å². The highest BCUT2D eigenvalue weighted by atomic mass is 32.2. The summed E-state index contributed by atoms with van der Waals surface area (Å²) < 4.78 is 47.3. The Bertz CT molecular complexity index is 1100. The Morgan fingerprint density at radius 3 is 2.74 bits per heavy atom. The molecule has 0 bridgehead atoms. The number of aryl methyl sites for hydroxylation is 1. The number of benzene rings is 1. The molecule has 142 valence electrons. The predicted octanol–water partition coefficient (Wildman–Crippen LogP) is 1.94. The van der Waals surface area contributed by atoms with Crippen molar-refractivity contribution < 1.29 is 22.3 Å². The van der Waals surface area contributed by atoms with Crippen LogP contribution in [0.5, 0.6) is 0 Å². The van der Waals surface area contributed by atoms with Crippen LogP contribution in [-0.4, -0.2) is 42.1 Å². The summed E-state index contributed by atoms with van der Waals surface area (Å²) in [6.07, 6.45) is 1.36. The first kappa shape index (κ1) is 18.8. The van der Waals surface area contributed by atoms with Crippen LogP contribution in [0.4, 0.5) is 10.1 Å². The number of hydrogen-bond donors (Lipinski definition) is 0. The lowest BCUT2D eigenvalue weighted by Gasteiger charge is -2.23. The molecule has 27 heavy (non-hydrogen) atoms. The van der Waals surface area contributed by atoms with Gasteiger partial charge < -0.3 is 4.74 Å². The molecule has 0 aliphatic rings. The van der Waals surface area contributed by atoms with E-state index < -0.39 is 28.4 Å². The number of rotatable bonds is 6. The fourth-order valence-electron chi connectivity index (χ4n) is 2.54. The lowest BCUT2D eigenvalue weighted by atomic mass is 10.3. The Hall–Kier alpha value is -3.01. The van der Waals surface area contributed by atoms with Gasteiger partial charge in [0.15, 0.2) is 5.65 Å². The second-order valence-electron chi connectivity index (χ2n) is 5.64. The topological polar surface area (TPSA) is 93.9 Å². The van der Waals surface area contributed by atoms with Gasteiger partial charge in [-0.05, 0) is 44.2 Å². The summed E-state index contributed by atoms with van der Waals surface area (Å²) in [5, 5.41) is 7.80. The average molecular weight is 392 g/mol. The fraction of sp³-hybridized carbons (Fsp3) is 0.235. The van der Waals surface area contributed by atoms with Crippen molar-refractivity contribution in [2.24, 2.45) is 0 Å². The van der Waals surface area contributed by atoms with Crippen LogP contribution in [0.2, 0.25) is 0 Å². The van der Waals surface area contributed by atoms with Crippen LogP contribution in [0, 0.1) is 12.7 Å². The lowest BCUT2D eigenvalue weighted by Crippen LogP contribution is -2.36. The number of anilines is 1. The summed E-state index contributed by atoms with van der Waals surface area (Å²) in [5.41, 5.74) is 0.498. The predicted molar refractivity (Wildman–Crippen MR) is 95.3 cm³/mol. The Kier molecular flexibility index (Phi) is 5.08. The first-order valence-electron chi connectivity index (χ1n) is 8.08. The second kappa shape index (κ2) is 7.31. The molecule has 3 rings (SSSR count). The number of fused-ring (bicyclic) bond motifs is 1. The van der Waals surface area contributed by atoms with E-state index in [0.29, 0.717) is 11.5 Å². The van der Waals surface area contributed by atoms with E-state index in [1.807, 2.05) is 0 Å². The Balaban J connectivity index is 2.10. The van der Waals surface area contributed by atoms with Crippen molar-refractivity contribution in [1.29, 1.82) is 0 Å². The number of ether oxygens (including phenoxy) is 1. The standard InChI is InChI=1S/C17H17FN4O4S/c1-3-26-17(23)11-22(14-6-4-5-13(18)9-14)27(24,25)15-7-8-16-20-19-12(2)21(16)10-15/h4-10H,3,11H2,1-2H3. The van der Waals surface area contributed by atoms with Gasteiger partial charge >= 0.3 is 5.97 Å². The van der Waals surface area contributed by atoms with Crippen molar-refractivity contribution >= 4 is 27.3 Å². The molecule has 0 saturated carbocycles. The number of carbonyl (C=O) groups excluding carboxylic acids is 1. The lowest BCUT2D eigenvalue weighted by molar-refractivity contribution is -0.141. The van der Waals surface area contributed by atoms with E-state index in [4.69, 9.17) is 4.74 Å². The van der Waals surface area contributed by atoms with E-state index in [1.165, 1.54) is 40.9 Å². The summed E-state index contributed by atoms with van der Waals surface area (Å²) in [5.74, 6) is -0.863. The molecule has 3 aromatic rings. The molecular weight excluding hydrogens is 375 g/mol. The van der Waals surface area contributed by atoms with E-state index in [2.05, 4.69) is 10.2 Å². The van der Waals surface area contributed by atoms with Gasteiger partial charge in [0.1, 0.15) is 23.1 Å². The van der Waals surface area contributed by atoms with Crippen LogP contribution >= 0.6 is 0 Å². The molecule has 0 unspecified atom stereocenters. The molecule has 10 heteroatoms. The van der Waals surface area contributed by atoms with Crippen molar-refractivity contribution in [1.82, 2.24) is 14.6 Å². The summed E-state index contributed by atoms with van der Waals surface area (Å²) in [7, 11) is -4.18. The van der Waals surface area contributed by atoms with Crippen LogP contribution in [-0.2, 0) is 19.6 Å². The van der Waals surface area contributed by atoms with Gasteiger partial charge in [-0.3, -0.25) is 13.5 Å². The van der Waals surface area contributed by atoms with Crippen LogP contribution in [0.15, 0.2) is 47.5 Å². The third-order valence-corrected chi connectivity index (χ3v) is 5.57. The van der Waals surface area contributed by atoms with Gasteiger partial charge in [0, 0.05) is 6.20 Å². The van der Waals surface area contributed by atoms with Crippen LogP contribution in [0.1, 0.15) is 12.7 Å². The van der Waals surface area contributed by atoms with Crippen LogP contribution < -0.4 is 4.31 Å². The quantitative estimate of drug-likeness (QED) is 0.595. The normalized spacial score (nSPS) is 11.5. The summed E-state index contributed by atoms with van der Waals surface area (Å²) in [6.45, 7) is 2.81. The number of carbonyl (C=O) groups is 1. The molecule has 0 N–H and O–H groups in total. The number of halogens is 1. The summed E-state index contributed by atoms with van der Waals surface area (Å²) >= 11 is 0. The molecule has 0 fully saturated rings. The van der Waals surface area contributed by atoms with E-state index in [1.54, 1.807) is 13.8 Å². The minimum Gasteiger partial charge on any atom is -0.465 e. The maximum atomic E-state index is 13.7. The second-order valence-corrected chi connectivity index (χ2v) is 7.50. The highest BCUT2D eigenvalue weighted by molar-refractivity contribution is 7.92. The molecule has 2 heterocycles. The number of nitrogens with zero attached hydrogens (tertiary/aromatic N) is 4. The minimum absolute atomic E-state index is 0.0172. The third-order valence-electron chi connectivity index (χ3n) is 3.81. The van der Waals surface area contributed by atoms with Gasteiger partial charge in [-0.1, -0.05) is 6.07 Å². The van der Waals surface area contributed by atoms with Gasteiger partial charge in [0.2, 0.25) is 0 Å². The zero-order chi connectivity index (χ0) is 19.6. The first-order chi connectivity index (χ1) is 12.8. The molecule has 2 aromatic heterocycles. The SMILES string of the molecule is CCOC(=O)CN(c1cccc(F)c1)S(=O)(=O)c1ccc2nnc(C)n2c1. The largest absolute Gasteiger partial charge is 0.465 e. The zero-order valence-electron chi connectivity index (χ0n) is 14.7. The number of aromatic nitrogens is 3. The number of pyridine rings is 1. The number of hydrogen-bond acceptors (Lipinski definition) is 6. The van der Waals surface area contributed by atoms with E-state index >= 15 is 0 Å². The van der Waals surface area contributed by atoms with Gasteiger partial charge in [-0.25, -0.2) is 12.8 Å². The monoisotopic (exact) mass is 392 g/mol. The maximum absolute atomic E-state index is 13.7. The molecule has 0 aliphatic carbocycles. The molecular formula is C17H17FN4O4S. The van der Waals surface area contributed by atoms with Crippen molar-refractivity contribution in [2.45, 2.75) is 18.7 Å². The zero-order valence-corrected chi connectivity index (χ0v) is 15.5. The first-order valence-corrected chi connectivity index (χ1v) is 9.52. The fourth-order valence-corrected chi connectivity index (χ4v) is 3.94. The van der Waals surface area contributed by atoms with Crippen LogP contribution in [0.25, 0.3) is 5.65 Å². The molecule has 0 amide bonds. The minimum atomic E-state index is -4.18. The molecule has 0 atom stereocenters. The molecule has 0 saturated heterocycles. The Labute approximate surface area is 155 Å². The summed E-state index contributed by atoms with van der Waals surface area (Å²) in [4.78, 5) is 11.9.